The molecule has 0 saturated heterocycles. The number of benzene rings is 9. The minimum Gasteiger partial charge on any atom is -0.455 e. The first-order valence-corrected chi connectivity index (χ1v) is 26.7. The van der Waals surface area contributed by atoms with Crippen LogP contribution in [0.1, 0.15) is 80.5 Å². The van der Waals surface area contributed by atoms with E-state index in [4.69, 9.17) is 9.40 Å². The Morgan fingerprint density at radius 2 is 1.07 bits per heavy atom. The molecule has 3 aromatic heterocycles. The van der Waals surface area contributed by atoms with E-state index in [2.05, 4.69) is 246 Å². The molecule has 1 atom stereocenters. The average Bonchev–Trinajstić information content (AvgIpc) is 4.29. The summed E-state index contributed by atoms with van der Waals surface area (Å²) in [7, 11) is 0. The van der Waals surface area contributed by atoms with Gasteiger partial charge in [0.15, 0.2) is 0 Å². The lowest BCUT2D eigenvalue weighted by Gasteiger charge is -2.36. The van der Waals surface area contributed by atoms with Crippen molar-refractivity contribution in [1.29, 1.82) is 0 Å². The van der Waals surface area contributed by atoms with Gasteiger partial charge >= 0.3 is 0 Å². The normalized spacial score (nSPS) is 14.5. The van der Waals surface area contributed by atoms with E-state index in [1.165, 1.54) is 11.1 Å². The maximum absolute atomic E-state index is 16.6. The summed E-state index contributed by atoms with van der Waals surface area (Å²) >= 11 is 1.80. The molecule has 13 rings (SSSR count). The zero-order valence-corrected chi connectivity index (χ0v) is 44.1. The Balaban J connectivity index is 1.24. The highest BCUT2D eigenvalue weighted by Crippen LogP contribution is 2.65. The van der Waals surface area contributed by atoms with Gasteiger partial charge in [-0.15, -0.1) is 11.3 Å². The van der Waals surface area contributed by atoms with Gasteiger partial charge in [-0.2, -0.15) is 0 Å². The Kier molecular flexibility index (Phi) is 10.8. The van der Waals surface area contributed by atoms with Crippen molar-refractivity contribution in [1.82, 2.24) is 4.98 Å². The topological polar surface area (TPSA) is 32.5 Å². The highest BCUT2D eigenvalue weighted by Gasteiger charge is 2.50. The summed E-state index contributed by atoms with van der Waals surface area (Å²) in [6.45, 7) is 15.6. The molecule has 9 aromatic carbocycles. The molecule has 0 saturated carbocycles. The molecule has 75 heavy (non-hydrogen) atoms. The molecule has 12 aromatic rings. The molecule has 0 fully saturated rings. The maximum Gasteiger partial charge on any atom is 0.145 e. The first kappa shape index (κ1) is 46.5. The van der Waals surface area contributed by atoms with E-state index in [0.717, 1.165) is 115 Å². The molecule has 366 valence electrons. The second-order valence-electron chi connectivity index (χ2n) is 22.2. The fraction of sp³-hybridized carbons (Fsp3) is 0.145. The summed E-state index contributed by atoms with van der Waals surface area (Å²) in [4.78, 5) is 9.92. The predicted octanol–water partition coefficient (Wildman–Crippen LogP) is 19.7. The van der Waals surface area contributed by atoms with Gasteiger partial charge in [-0.1, -0.05) is 169 Å². The van der Waals surface area contributed by atoms with Gasteiger partial charge in [-0.3, -0.25) is 4.90 Å². The fourth-order valence-corrected chi connectivity index (χ4v) is 13.0. The number of rotatable bonds is 8. The number of furan rings is 1. The summed E-state index contributed by atoms with van der Waals surface area (Å²) in [6, 6.07) is 72.9. The van der Waals surface area contributed by atoms with Gasteiger partial charge < -0.3 is 9.32 Å². The standard InChI is InChI=1S/C69H56FN3OS/c1-43-29-38-60(71-42-43)73(51-36-32-45(33-37-51)68(5,6)7)57-41-55-64(66-62(57)53-26-15-17-28-59(53)75-66)63-54(69(55,46-19-10-8-11-20-46)47-21-18-22-48(70)39-47)40-56(61-52-25-14-16-27-58(52)74-65(61)63)72(49-23-12-9-13-24-49)50-34-30-44(31-35-50)67(2,3)4/h8-42H,1-7H3. The zero-order chi connectivity index (χ0) is 51.4. The lowest BCUT2D eigenvalue weighted by atomic mass is 9.67. The summed E-state index contributed by atoms with van der Waals surface area (Å²) in [5.74, 6) is 0.491. The SMILES string of the molecule is Cc1ccc(N(c2ccc(C(C)(C)C)cc2)c2cc3c(c4sc5ccccc5c24)-c2c(cc(N(c4ccccc4)c4ccc(C(C)(C)C)cc4)c4c2oc2ccccc24)C3(c2ccccc2)c2cccc(F)c2)nc1. The van der Waals surface area contributed by atoms with Crippen molar-refractivity contribution in [3.05, 3.63) is 257 Å². The Bertz CT molecular complexity index is 4150. The van der Waals surface area contributed by atoms with Gasteiger partial charge in [0.05, 0.1) is 22.2 Å². The lowest BCUT2D eigenvalue weighted by Crippen LogP contribution is -2.29. The van der Waals surface area contributed by atoms with Crippen LogP contribution in [-0.4, -0.2) is 4.98 Å². The van der Waals surface area contributed by atoms with Gasteiger partial charge in [0.1, 0.15) is 22.8 Å². The third-order valence-electron chi connectivity index (χ3n) is 15.4. The van der Waals surface area contributed by atoms with Crippen LogP contribution in [0.3, 0.4) is 0 Å². The second-order valence-corrected chi connectivity index (χ2v) is 23.2. The molecular formula is C69H56FN3OS. The van der Waals surface area contributed by atoms with E-state index in [0.29, 0.717) is 0 Å². The van der Waals surface area contributed by atoms with Gasteiger partial charge in [0.2, 0.25) is 0 Å². The summed E-state index contributed by atoms with van der Waals surface area (Å²) in [5.41, 5.74) is 14.9. The third kappa shape index (κ3) is 7.40. The van der Waals surface area contributed by atoms with Crippen molar-refractivity contribution in [2.24, 2.45) is 0 Å². The molecule has 0 radical (unpaired) electrons. The summed E-state index contributed by atoms with van der Waals surface area (Å²) < 4.78 is 26.3. The van der Waals surface area contributed by atoms with Crippen LogP contribution >= 0.6 is 11.3 Å². The number of pyridine rings is 1. The highest BCUT2D eigenvalue weighted by molar-refractivity contribution is 7.26. The number of fused-ring (bicyclic) bond motifs is 11. The number of hydrogen-bond acceptors (Lipinski definition) is 5. The van der Waals surface area contributed by atoms with Gasteiger partial charge in [0.25, 0.3) is 0 Å². The average molecular weight is 994 g/mol. The smallest absolute Gasteiger partial charge is 0.145 e. The molecule has 0 spiro atoms. The molecule has 0 aliphatic heterocycles. The predicted molar refractivity (Wildman–Crippen MR) is 313 cm³/mol. The van der Waals surface area contributed by atoms with Crippen molar-refractivity contribution in [3.8, 4) is 11.1 Å². The Morgan fingerprint density at radius 3 is 1.71 bits per heavy atom. The van der Waals surface area contributed by atoms with E-state index < -0.39 is 5.41 Å². The fourth-order valence-electron chi connectivity index (χ4n) is 11.8. The van der Waals surface area contributed by atoms with Crippen LogP contribution in [0.15, 0.2) is 217 Å². The Hall–Kier alpha value is -8.32. The number of para-hydroxylation sites is 2. The molecule has 1 aliphatic carbocycles. The quantitative estimate of drug-likeness (QED) is 0.152. The molecular weight excluding hydrogens is 938 g/mol. The number of aryl methyl sites for hydroxylation is 1. The van der Waals surface area contributed by atoms with E-state index in [1.807, 2.05) is 12.3 Å². The van der Waals surface area contributed by atoms with Crippen LogP contribution in [0.2, 0.25) is 0 Å². The lowest BCUT2D eigenvalue weighted by molar-refractivity contribution is 0.590. The van der Waals surface area contributed by atoms with E-state index in [-0.39, 0.29) is 16.6 Å². The number of halogens is 1. The molecule has 0 bridgehead atoms. The van der Waals surface area contributed by atoms with Gasteiger partial charge in [0, 0.05) is 59.9 Å². The monoisotopic (exact) mass is 993 g/mol. The third-order valence-corrected chi connectivity index (χ3v) is 16.6. The van der Waals surface area contributed by atoms with Gasteiger partial charge in [-0.25, -0.2) is 9.37 Å². The summed E-state index contributed by atoms with van der Waals surface area (Å²) in [6.07, 6.45) is 1.95. The van der Waals surface area contributed by atoms with Crippen LogP contribution in [0, 0.1) is 12.7 Å². The molecule has 4 nitrogen and oxygen atoms in total. The van der Waals surface area contributed by atoms with Crippen molar-refractivity contribution in [3.63, 3.8) is 0 Å². The molecule has 0 N–H and O–H groups in total. The Labute approximate surface area is 442 Å². The van der Waals surface area contributed by atoms with Crippen molar-refractivity contribution in [2.45, 2.75) is 64.7 Å². The van der Waals surface area contributed by atoms with Crippen molar-refractivity contribution in [2.75, 3.05) is 9.80 Å². The van der Waals surface area contributed by atoms with Crippen LogP contribution in [0.5, 0.6) is 0 Å². The number of hydrogen-bond donors (Lipinski definition) is 0. The Morgan fingerprint density at radius 1 is 0.507 bits per heavy atom. The van der Waals surface area contributed by atoms with Crippen LogP contribution in [0.4, 0.5) is 38.6 Å². The number of aromatic nitrogens is 1. The van der Waals surface area contributed by atoms with E-state index in [1.54, 1.807) is 23.5 Å². The molecule has 3 heterocycles. The van der Waals surface area contributed by atoms with Crippen LogP contribution in [-0.2, 0) is 16.2 Å². The van der Waals surface area contributed by atoms with Gasteiger partial charge in [-0.05, 0) is 136 Å². The van der Waals surface area contributed by atoms with Crippen LogP contribution < -0.4 is 9.80 Å². The maximum atomic E-state index is 16.6. The van der Waals surface area contributed by atoms with E-state index in [9.17, 15) is 0 Å². The summed E-state index contributed by atoms with van der Waals surface area (Å²) in [5, 5.41) is 4.28. The molecule has 1 unspecified atom stereocenters. The van der Waals surface area contributed by atoms with Crippen molar-refractivity contribution < 1.29 is 8.81 Å². The largest absolute Gasteiger partial charge is 0.455 e. The first-order chi connectivity index (χ1) is 36.3. The van der Waals surface area contributed by atoms with E-state index >= 15 is 4.39 Å². The highest BCUT2D eigenvalue weighted by atomic mass is 32.1. The number of anilines is 6. The minimum absolute atomic E-state index is 0.0402. The molecule has 0 amide bonds. The minimum atomic E-state index is -1.07. The second kappa shape index (κ2) is 17.4. The van der Waals surface area contributed by atoms with Crippen molar-refractivity contribution >= 4 is 87.7 Å². The molecule has 6 heteroatoms. The molecule has 1 aliphatic rings. The number of nitrogens with zero attached hydrogens (tertiary/aromatic N) is 3. The number of thiophene rings is 1. The first-order valence-electron chi connectivity index (χ1n) is 25.9. The zero-order valence-electron chi connectivity index (χ0n) is 43.2. The van der Waals surface area contributed by atoms with Crippen LogP contribution in [0.25, 0.3) is 53.2 Å².